The second-order valence-electron chi connectivity index (χ2n) is 25.5. The van der Waals surface area contributed by atoms with E-state index in [0.717, 1.165) is 148 Å². The van der Waals surface area contributed by atoms with Crippen LogP contribution >= 0.6 is 0 Å². The summed E-state index contributed by atoms with van der Waals surface area (Å²) in [6.45, 7) is 4.61. The van der Waals surface area contributed by atoms with Crippen molar-refractivity contribution in [2.75, 3.05) is 47.5 Å². The molecule has 0 spiro atoms. The molecule has 0 saturated carbocycles. The van der Waals surface area contributed by atoms with Crippen molar-refractivity contribution in [1.29, 1.82) is 0 Å². The number of carboxylic acid groups (broad SMARTS) is 1. The molecule has 9 heteroatoms. The van der Waals surface area contributed by atoms with Crippen LogP contribution in [-0.2, 0) is 33.3 Å². The summed E-state index contributed by atoms with van der Waals surface area (Å²) < 4.78 is 23.0. The standard InChI is InChI=1S/C86H137NO8/c1-6-8-10-12-14-16-18-20-22-24-26-28-30-32-34-36-38-40-42-44-46-48-50-52-54-56-58-60-62-64-66-68-70-72-74-76-83(88)93-80-82(81-94-86(85(90)91)92-79-78-87(3,4)5)95-84(89)77-75-73-71-69-67-65-63-61-59-57-55-53-51-49-47-45-43-41-39-37-35-33-31-29-27-25-23-21-19-17-15-13-11-9-7-2/h8-11,14-17,20-23,26-29,32-35,38-41,45,47,51,53,57,59,63,65,82,86H,6-7,12-13,18-19,24-25,30-31,36-37,42-44,46,48-50,52,54-56,58,60-62,64,66-81H2,1-5H3/p+1/b10-8-,11-9-,16-14-,17-15-,22-20-,23-21-,28-26-,29-27-,34-32-,35-33-,40-38-,41-39-,47-45-,53-51-,59-57-,65-63-. The van der Waals surface area contributed by atoms with Crippen molar-refractivity contribution >= 4 is 17.9 Å². The van der Waals surface area contributed by atoms with E-state index in [2.05, 4.69) is 208 Å². The smallest absolute Gasteiger partial charge is 0.361 e. The summed E-state index contributed by atoms with van der Waals surface area (Å²) in [4.78, 5) is 37.7. The molecular weight excluding hydrogens is 1170 g/mol. The highest BCUT2D eigenvalue weighted by atomic mass is 16.7. The normalized spacial score (nSPS) is 13.8. The molecule has 0 aromatic carbocycles. The number of likely N-dealkylation sites (N-methyl/N-ethyl adjacent to an activating group) is 1. The highest BCUT2D eigenvalue weighted by Crippen LogP contribution is 2.16. The van der Waals surface area contributed by atoms with Gasteiger partial charge in [-0.3, -0.25) is 9.59 Å². The zero-order valence-corrected chi connectivity index (χ0v) is 61.0. The molecule has 0 bridgehead atoms. The van der Waals surface area contributed by atoms with Gasteiger partial charge in [0, 0.05) is 12.8 Å². The highest BCUT2D eigenvalue weighted by molar-refractivity contribution is 5.71. The molecule has 9 nitrogen and oxygen atoms in total. The van der Waals surface area contributed by atoms with E-state index in [1.807, 2.05) is 21.1 Å². The number of quaternary nitrogens is 1. The molecule has 1 N–H and O–H groups in total. The van der Waals surface area contributed by atoms with Gasteiger partial charge in [0.1, 0.15) is 13.2 Å². The van der Waals surface area contributed by atoms with Crippen molar-refractivity contribution < 1.29 is 42.9 Å². The zero-order chi connectivity index (χ0) is 69.0. The number of carbonyl (C=O) groups is 3. The van der Waals surface area contributed by atoms with Crippen molar-refractivity contribution in [3.8, 4) is 0 Å². The summed E-state index contributed by atoms with van der Waals surface area (Å²) in [7, 11) is 5.96. The predicted octanol–water partition coefficient (Wildman–Crippen LogP) is 24.1. The molecule has 0 aliphatic heterocycles. The van der Waals surface area contributed by atoms with E-state index in [9.17, 15) is 19.5 Å². The topological polar surface area (TPSA) is 108 Å². The van der Waals surface area contributed by atoms with Crippen LogP contribution in [0.3, 0.4) is 0 Å². The quantitative estimate of drug-likeness (QED) is 0.0211. The van der Waals surface area contributed by atoms with Crippen molar-refractivity contribution in [2.45, 2.75) is 283 Å². The van der Waals surface area contributed by atoms with Crippen molar-refractivity contribution in [3.05, 3.63) is 194 Å². The number of esters is 2. The summed E-state index contributed by atoms with van der Waals surface area (Å²) >= 11 is 0. The first-order chi connectivity index (χ1) is 46.6. The van der Waals surface area contributed by atoms with Crippen molar-refractivity contribution in [2.24, 2.45) is 0 Å². The largest absolute Gasteiger partial charge is 0.477 e. The summed E-state index contributed by atoms with van der Waals surface area (Å²) in [5.74, 6) is -2.05. The summed E-state index contributed by atoms with van der Waals surface area (Å²) in [6.07, 6.45) is 111. The van der Waals surface area contributed by atoms with Gasteiger partial charge >= 0.3 is 17.9 Å². The van der Waals surface area contributed by atoms with Crippen LogP contribution < -0.4 is 0 Å². The van der Waals surface area contributed by atoms with Crippen LogP contribution in [0.25, 0.3) is 0 Å². The van der Waals surface area contributed by atoms with Crippen LogP contribution in [0, 0.1) is 0 Å². The summed E-state index contributed by atoms with van der Waals surface area (Å²) in [5, 5.41) is 9.76. The fourth-order valence-electron chi connectivity index (χ4n) is 9.69. The third kappa shape index (κ3) is 75.4. The van der Waals surface area contributed by atoms with Crippen molar-refractivity contribution in [1.82, 2.24) is 0 Å². The maximum absolute atomic E-state index is 13.0. The van der Waals surface area contributed by atoms with E-state index in [0.29, 0.717) is 17.4 Å². The number of hydrogen-bond acceptors (Lipinski definition) is 7. The van der Waals surface area contributed by atoms with Gasteiger partial charge in [0.2, 0.25) is 0 Å². The van der Waals surface area contributed by atoms with Crippen LogP contribution in [0.2, 0.25) is 0 Å². The predicted molar refractivity (Wildman–Crippen MR) is 409 cm³/mol. The van der Waals surface area contributed by atoms with Gasteiger partial charge in [0.25, 0.3) is 6.29 Å². The first-order valence-electron chi connectivity index (χ1n) is 37.6. The first-order valence-corrected chi connectivity index (χ1v) is 37.6. The molecule has 0 aliphatic rings. The van der Waals surface area contributed by atoms with Crippen LogP contribution in [0.1, 0.15) is 271 Å². The number of carboxylic acids is 1. The Morgan fingerprint density at radius 3 is 0.842 bits per heavy atom. The molecule has 95 heavy (non-hydrogen) atoms. The Hall–Kier alpha value is -5.87. The van der Waals surface area contributed by atoms with E-state index in [4.69, 9.17) is 18.9 Å². The van der Waals surface area contributed by atoms with Gasteiger partial charge in [-0.15, -0.1) is 0 Å². The lowest BCUT2D eigenvalue weighted by molar-refractivity contribution is -0.870. The Balaban J connectivity index is 4.19. The SMILES string of the molecule is CC/C=C\C/C=C\C/C=C\C/C=C\C/C=C\C/C=C\C/C=C\C/C=C\C/C=C\C/C=C\CCCCCCC(=O)OC(COC(=O)CCCCCCCCCCCCCCCCCC/C=C\C/C=C\C/C=C\C/C=C\C/C=C\C/C=C\CC)COC(OCC[N+](C)(C)C)C(=O)O. The lowest BCUT2D eigenvalue weighted by Crippen LogP contribution is -2.40. The van der Waals surface area contributed by atoms with Crippen LogP contribution in [-0.4, -0.2) is 87.4 Å². The maximum atomic E-state index is 13.0. The maximum Gasteiger partial charge on any atom is 0.361 e. The second kappa shape index (κ2) is 73.9. The van der Waals surface area contributed by atoms with Gasteiger partial charge in [-0.2, -0.15) is 0 Å². The molecule has 0 aromatic heterocycles. The number of rotatable bonds is 67. The number of nitrogens with zero attached hydrogens (tertiary/aromatic N) is 1. The molecule has 0 amide bonds. The summed E-state index contributed by atoms with van der Waals surface area (Å²) in [6, 6.07) is 0. The van der Waals surface area contributed by atoms with E-state index in [1.165, 1.54) is 89.9 Å². The Morgan fingerprint density at radius 1 is 0.316 bits per heavy atom. The monoisotopic (exact) mass is 1310 g/mol. The lowest BCUT2D eigenvalue weighted by Gasteiger charge is -2.25. The Bertz CT molecular complexity index is 2270. The van der Waals surface area contributed by atoms with E-state index < -0.39 is 24.3 Å². The fraction of sp³-hybridized carbons (Fsp3) is 0.593. The van der Waals surface area contributed by atoms with Crippen LogP contribution in [0.4, 0.5) is 0 Å². The third-order valence-corrected chi connectivity index (χ3v) is 15.3. The average molecular weight is 1310 g/mol. The van der Waals surface area contributed by atoms with E-state index >= 15 is 0 Å². The summed E-state index contributed by atoms with van der Waals surface area (Å²) in [5.41, 5.74) is 0. The number of allylic oxidation sites excluding steroid dienone is 32. The van der Waals surface area contributed by atoms with Gasteiger partial charge in [-0.25, -0.2) is 4.79 Å². The molecule has 0 aliphatic carbocycles. The molecule has 2 atom stereocenters. The molecule has 0 radical (unpaired) electrons. The number of unbranched alkanes of at least 4 members (excludes halogenated alkanes) is 20. The number of hydrogen-bond donors (Lipinski definition) is 1. The third-order valence-electron chi connectivity index (χ3n) is 15.3. The first kappa shape index (κ1) is 89.1. The van der Waals surface area contributed by atoms with E-state index in [-0.39, 0.29) is 38.6 Å². The van der Waals surface area contributed by atoms with E-state index in [1.54, 1.807) is 0 Å². The molecular formula is C86H138NO8+. The minimum absolute atomic E-state index is 0.173. The van der Waals surface area contributed by atoms with Crippen molar-refractivity contribution in [3.63, 3.8) is 0 Å². The molecule has 2 unspecified atom stereocenters. The van der Waals surface area contributed by atoms with Gasteiger partial charge in [-0.1, -0.05) is 311 Å². The zero-order valence-electron chi connectivity index (χ0n) is 61.0. The molecule has 0 heterocycles. The fourth-order valence-corrected chi connectivity index (χ4v) is 9.69. The number of carbonyl (C=O) groups excluding carboxylic acids is 2. The van der Waals surface area contributed by atoms with Gasteiger partial charge in [-0.05, 0) is 141 Å². The van der Waals surface area contributed by atoms with Gasteiger partial charge < -0.3 is 28.5 Å². The average Bonchev–Trinajstić information content (AvgIpc) is 3.58. The van der Waals surface area contributed by atoms with Crippen LogP contribution in [0.15, 0.2) is 194 Å². The minimum Gasteiger partial charge on any atom is -0.477 e. The number of ether oxygens (including phenoxy) is 4. The molecule has 0 fully saturated rings. The van der Waals surface area contributed by atoms with Crippen LogP contribution in [0.5, 0.6) is 0 Å². The Kier molecular flexibility index (Phi) is 69.4. The van der Waals surface area contributed by atoms with Gasteiger partial charge in [0.15, 0.2) is 6.10 Å². The molecule has 534 valence electrons. The second-order valence-corrected chi connectivity index (χ2v) is 25.5. The minimum atomic E-state index is -1.53. The Morgan fingerprint density at radius 2 is 0.568 bits per heavy atom. The Labute approximate surface area is 582 Å². The molecule has 0 saturated heterocycles. The molecule has 0 rings (SSSR count). The molecule has 0 aromatic rings. The highest BCUT2D eigenvalue weighted by Gasteiger charge is 2.25. The lowest BCUT2D eigenvalue weighted by atomic mass is 10.0. The number of aliphatic carboxylic acids is 1. The van der Waals surface area contributed by atoms with Gasteiger partial charge in [0.05, 0.1) is 34.4 Å².